The second kappa shape index (κ2) is 9.57. The molecule has 0 saturated heterocycles. The number of nitrogens with one attached hydrogen (secondary N) is 1. The molecule has 6 nitrogen and oxygen atoms in total. The number of nitrogens with zero attached hydrogens (tertiary/aromatic N) is 1. The van der Waals surface area contributed by atoms with Crippen LogP contribution in [0.1, 0.15) is 38.7 Å². The standard InChI is InChI=1S/C20H30N2O4/c1-4-22(13-20(24)25)17-11-16(12-17)21-19(23)10-14(2)9-15-7-5-6-8-18(15)26-3/h5-8,14,16-17H,4,9-13H2,1-3H3,(H,21,23)(H,24,25). The molecule has 0 aromatic heterocycles. The summed E-state index contributed by atoms with van der Waals surface area (Å²) in [5.74, 6) is 0.350. The monoisotopic (exact) mass is 362 g/mol. The Morgan fingerprint density at radius 3 is 2.65 bits per heavy atom. The van der Waals surface area contributed by atoms with Gasteiger partial charge >= 0.3 is 5.97 Å². The third-order valence-electron chi connectivity index (χ3n) is 5.03. The van der Waals surface area contributed by atoms with Gasteiger partial charge in [0.15, 0.2) is 0 Å². The van der Waals surface area contributed by atoms with Gasteiger partial charge in [0, 0.05) is 18.5 Å². The molecule has 1 saturated carbocycles. The number of amides is 1. The van der Waals surface area contributed by atoms with Crippen molar-refractivity contribution < 1.29 is 19.4 Å². The third kappa shape index (κ3) is 5.73. The van der Waals surface area contributed by atoms with Crippen LogP contribution in [0.3, 0.4) is 0 Å². The van der Waals surface area contributed by atoms with E-state index in [9.17, 15) is 9.59 Å². The number of aliphatic carboxylic acids is 1. The van der Waals surface area contributed by atoms with E-state index in [-0.39, 0.29) is 30.5 Å². The molecule has 144 valence electrons. The van der Waals surface area contributed by atoms with Gasteiger partial charge in [-0.1, -0.05) is 32.0 Å². The zero-order valence-corrected chi connectivity index (χ0v) is 15.9. The van der Waals surface area contributed by atoms with Crippen LogP contribution in [0.5, 0.6) is 5.75 Å². The highest BCUT2D eigenvalue weighted by Crippen LogP contribution is 2.26. The summed E-state index contributed by atoms with van der Waals surface area (Å²) >= 11 is 0. The van der Waals surface area contributed by atoms with E-state index in [1.54, 1.807) is 7.11 Å². The van der Waals surface area contributed by atoms with Gasteiger partial charge < -0.3 is 15.2 Å². The van der Waals surface area contributed by atoms with Gasteiger partial charge in [-0.15, -0.1) is 0 Å². The van der Waals surface area contributed by atoms with Crippen molar-refractivity contribution in [1.82, 2.24) is 10.2 Å². The SMILES string of the molecule is CCN(CC(=O)O)C1CC(NC(=O)CC(C)Cc2ccccc2OC)C1. The maximum absolute atomic E-state index is 12.3. The number of rotatable bonds is 10. The minimum Gasteiger partial charge on any atom is -0.496 e. The molecule has 1 amide bonds. The molecule has 0 spiro atoms. The lowest BCUT2D eigenvalue weighted by atomic mass is 9.85. The molecule has 2 rings (SSSR count). The van der Waals surface area contributed by atoms with Crippen molar-refractivity contribution in [2.24, 2.45) is 5.92 Å². The molecule has 26 heavy (non-hydrogen) atoms. The van der Waals surface area contributed by atoms with Crippen LogP contribution in [0.15, 0.2) is 24.3 Å². The first kappa shape index (κ1) is 20.2. The van der Waals surface area contributed by atoms with Crippen molar-refractivity contribution in [2.75, 3.05) is 20.2 Å². The second-order valence-corrected chi connectivity index (χ2v) is 7.17. The fourth-order valence-corrected chi connectivity index (χ4v) is 3.60. The first-order valence-corrected chi connectivity index (χ1v) is 9.30. The number of para-hydroxylation sites is 1. The fraction of sp³-hybridized carbons (Fsp3) is 0.600. The van der Waals surface area contributed by atoms with Crippen LogP contribution in [0.25, 0.3) is 0 Å². The number of carboxylic acid groups (broad SMARTS) is 1. The molecule has 1 unspecified atom stereocenters. The number of benzene rings is 1. The zero-order chi connectivity index (χ0) is 19.1. The maximum Gasteiger partial charge on any atom is 0.317 e. The first-order valence-electron chi connectivity index (χ1n) is 9.30. The molecule has 0 aliphatic heterocycles. The van der Waals surface area contributed by atoms with Gasteiger partial charge in [0.1, 0.15) is 5.75 Å². The van der Waals surface area contributed by atoms with Crippen LogP contribution in [0, 0.1) is 5.92 Å². The van der Waals surface area contributed by atoms with Crippen LogP contribution in [-0.2, 0) is 16.0 Å². The van der Waals surface area contributed by atoms with Gasteiger partial charge in [0.2, 0.25) is 5.91 Å². The molecule has 1 atom stereocenters. The summed E-state index contributed by atoms with van der Waals surface area (Å²) in [6.45, 7) is 4.82. The Bertz CT molecular complexity index is 614. The molecule has 6 heteroatoms. The second-order valence-electron chi connectivity index (χ2n) is 7.17. The van der Waals surface area contributed by atoms with Crippen molar-refractivity contribution in [2.45, 2.75) is 51.6 Å². The summed E-state index contributed by atoms with van der Waals surface area (Å²) < 4.78 is 5.37. The van der Waals surface area contributed by atoms with Crippen molar-refractivity contribution in [3.63, 3.8) is 0 Å². The molecule has 0 heterocycles. The van der Waals surface area contributed by atoms with E-state index in [2.05, 4.69) is 12.2 Å². The number of carboxylic acids is 1. The average Bonchev–Trinajstić information content (AvgIpc) is 2.56. The number of hydrogen-bond donors (Lipinski definition) is 2. The van der Waals surface area contributed by atoms with Crippen molar-refractivity contribution in [3.8, 4) is 5.75 Å². The first-order chi connectivity index (χ1) is 12.4. The largest absolute Gasteiger partial charge is 0.496 e. The highest BCUT2D eigenvalue weighted by Gasteiger charge is 2.34. The molecular weight excluding hydrogens is 332 g/mol. The summed E-state index contributed by atoms with van der Waals surface area (Å²) in [5, 5.41) is 12.0. The molecule has 0 bridgehead atoms. The number of methoxy groups -OCH3 is 1. The van der Waals surface area contributed by atoms with Crippen molar-refractivity contribution >= 4 is 11.9 Å². The summed E-state index contributed by atoms with van der Waals surface area (Å²) in [6.07, 6.45) is 2.93. The molecular formula is C20H30N2O4. The quantitative estimate of drug-likeness (QED) is 0.668. The topological polar surface area (TPSA) is 78.9 Å². The predicted molar refractivity (Wildman–Crippen MR) is 100 cm³/mol. The molecule has 1 aliphatic carbocycles. The van der Waals surface area contributed by atoms with E-state index in [1.165, 1.54) is 0 Å². The highest BCUT2D eigenvalue weighted by molar-refractivity contribution is 5.76. The summed E-state index contributed by atoms with van der Waals surface area (Å²) in [6, 6.07) is 8.31. The number of carbonyl (C=O) groups excluding carboxylic acids is 1. The van der Waals surface area contributed by atoms with Gasteiger partial charge in [-0.3, -0.25) is 14.5 Å². The average molecular weight is 362 g/mol. The Balaban J connectivity index is 1.73. The Kier molecular flexibility index (Phi) is 7.45. The van der Waals surface area contributed by atoms with E-state index in [1.807, 2.05) is 36.1 Å². The Morgan fingerprint density at radius 2 is 2.04 bits per heavy atom. The van der Waals surface area contributed by atoms with Crippen molar-refractivity contribution in [3.05, 3.63) is 29.8 Å². The van der Waals surface area contributed by atoms with Gasteiger partial charge in [-0.25, -0.2) is 0 Å². The minimum atomic E-state index is -0.801. The molecule has 1 aliphatic rings. The van der Waals surface area contributed by atoms with Gasteiger partial charge in [-0.2, -0.15) is 0 Å². The van der Waals surface area contributed by atoms with Gasteiger partial charge in [-0.05, 0) is 43.4 Å². The third-order valence-corrected chi connectivity index (χ3v) is 5.03. The number of hydrogen-bond acceptors (Lipinski definition) is 4. The van der Waals surface area contributed by atoms with E-state index in [4.69, 9.17) is 9.84 Å². The lowest BCUT2D eigenvalue weighted by molar-refractivity contribution is -0.139. The number of carbonyl (C=O) groups is 2. The fourth-order valence-electron chi connectivity index (χ4n) is 3.60. The van der Waals surface area contributed by atoms with E-state index in [0.29, 0.717) is 13.0 Å². The van der Waals surface area contributed by atoms with Crippen LogP contribution in [0.4, 0.5) is 0 Å². The molecule has 1 aromatic carbocycles. The summed E-state index contributed by atoms with van der Waals surface area (Å²) in [5.41, 5.74) is 1.12. The zero-order valence-electron chi connectivity index (χ0n) is 15.9. The normalized spacial score (nSPS) is 20.3. The van der Waals surface area contributed by atoms with Crippen molar-refractivity contribution in [1.29, 1.82) is 0 Å². The lowest BCUT2D eigenvalue weighted by Crippen LogP contribution is -2.54. The lowest BCUT2D eigenvalue weighted by Gasteiger charge is -2.42. The summed E-state index contributed by atoms with van der Waals surface area (Å²) in [7, 11) is 1.66. The number of ether oxygens (including phenoxy) is 1. The Labute approximate surface area is 155 Å². The van der Waals surface area contributed by atoms with Crippen LogP contribution in [-0.4, -0.2) is 54.2 Å². The highest BCUT2D eigenvalue weighted by atomic mass is 16.5. The number of likely N-dealkylation sites (N-methyl/N-ethyl adjacent to an activating group) is 1. The van der Waals surface area contributed by atoms with Gasteiger partial charge in [0.25, 0.3) is 0 Å². The van der Waals surface area contributed by atoms with E-state index >= 15 is 0 Å². The van der Waals surface area contributed by atoms with Crippen LogP contribution in [0.2, 0.25) is 0 Å². The van der Waals surface area contributed by atoms with Crippen LogP contribution >= 0.6 is 0 Å². The smallest absolute Gasteiger partial charge is 0.317 e. The summed E-state index contributed by atoms with van der Waals surface area (Å²) in [4.78, 5) is 25.1. The van der Waals surface area contributed by atoms with Gasteiger partial charge in [0.05, 0.1) is 13.7 Å². The molecule has 2 N–H and O–H groups in total. The Hall–Kier alpha value is -2.08. The van der Waals surface area contributed by atoms with Crippen LogP contribution < -0.4 is 10.1 Å². The molecule has 1 fully saturated rings. The maximum atomic E-state index is 12.3. The Morgan fingerprint density at radius 1 is 1.35 bits per heavy atom. The molecule has 0 radical (unpaired) electrons. The van der Waals surface area contributed by atoms with E-state index < -0.39 is 5.97 Å². The minimum absolute atomic E-state index is 0.0668. The molecule has 1 aromatic rings. The predicted octanol–water partition coefficient (Wildman–Crippen LogP) is 2.32. The van der Waals surface area contributed by atoms with E-state index in [0.717, 1.165) is 30.6 Å².